The van der Waals surface area contributed by atoms with Crippen molar-refractivity contribution in [2.75, 3.05) is 15.5 Å². The second kappa shape index (κ2) is 9.10. The Morgan fingerprint density at radius 2 is 1.55 bits per heavy atom. The van der Waals surface area contributed by atoms with Gasteiger partial charge in [-0.1, -0.05) is 41.4 Å². The van der Waals surface area contributed by atoms with Crippen LogP contribution in [0.4, 0.5) is 17.1 Å². The highest BCUT2D eigenvalue weighted by Gasteiger charge is 2.39. The van der Waals surface area contributed by atoms with Gasteiger partial charge in [0, 0.05) is 22.0 Å². The molecule has 2 N–H and O–H groups in total. The Balaban J connectivity index is 1.56. The highest BCUT2D eigenvalue weighted by atomic mass is 35.5. The van der Waals surface area contributed by atoms with Crippen molar-refractivity contribution in [3.63, 3.8) is 0 Å². The third-order valence-electron chi connectivity index (χ3n) is 5.34. The van der Waals surface area contributed by atoms with Gasteiger partial charge in [0.15, 0.2) is 0 Å². The zero-order valence-corrected chi connectivity index (χ0v) is 19.3. The predicted molar refractivity (Wildman–Crippen MR) is 131 cm³/mol. The van der Waals surface area contributed by atoms with E-state index in [9.17, 15) is 14.4 Å². The lowest BCUT2D eigenvalue weighted by Gasteiger charge is -2.18. The number of halogens is 2. The minimum atomic E-state index is -0.602. The van der Waals surface area contributed by atoms with Crippen molar-refractivity contribution in [1.29, 1.82) is 0 Å². The Bertz CT molecular complexity index is 1320. The number of aryl methyl sites for hydroxylation is 1. The highest BCUT2D eigenvalue weighted by molar-refractivity contribution is 6.53. The van der Waals surface area contributed by atoms with E-state index in [1.165, 1.54) is 0 Å². The van der Waals surface area contributed by atoms with Crippen molar-refractivity contribution in [2.24, 2.45) is 0 Å². The third kappa shape index (κ3) is 4.49. The van der Waals surface area contributed by atoms with Gasteiger partial charge in [-0.05, 0) is 73.5 Å². The van der Waals surface area contributed by atoms with Crippen LogP contribution in [0.5, 0.6) is 0 Å². The normalized spacial score (nSPS) is 13.5. The molecule has 8 heteroatoms. The van der Waals surface area contributed by atoms with Crippen molar-refractivity contribution in [3.05, 3.63) is 99.2 Å². The number of benzene rings is 3. The van der Waals surface area contributed by atoms with Gasteiger partial charge in [0.1, 0.15) is 10.7 Å². The maximum atomic E-state index is 13.1. The first kappa shape index (κ1) is 22.6. The molecular weight excluding hydrogens is 461 g/mol. The summed E-state index contributed by atoms with van der Waals surface area (Å²) in [5, 5.41) is 6.04. The molecular formula is C25H19Cl2N3O3. The van der Waals surface area contributed by atoms with Crippen LogP contribution in [0.3, 0.4) is 0 Å². The summed E-state index contributed by atoms with van der Waals surface area (Å²) in [6.07, 6.45) is 0. The van der Waals surface area contributed by atoms with E-state index in [-0.39, 0.29) is 16.6 Å². The number of nitrogens with zero attached hydrogens (tertiary/aromatic N) is 1. The zero-order valence-electron chi connectivity index (χ0n) is 17.8. The van der Waals surface area contributed by atoms with Gasteiger partial charge in [0.25, 0.3) is 17.7 Å². The Kier molecular flexibility index (Phi) is 6.22. The molecule has 1 heterocycles. The molecule has 0 atom stereocenters. The first-order valence-corrected chi connectivity index (χ1v) is 10.8. The molecule has 0 spiro atoms. The standard InChI is InChI=1S/C25H19Cl2N3O3/c1-14-5-3-8-20(15(14)2)30-24(32)21(27)22(25(30)33)28-19-7-4-6-16(13-19)23(31)29-18-11-9-17(26)10-12-18/h3-13,28H,1-2H3,(H,29,31). The molecule has 3 amide bonds. The lowest BCUT2D eigenvalue weighted by Crippen LogP contribution is -2.33. The first-order valence-electron chi connectivity index (χ1n) is 10.0. The molecule has 3 aromatic rings. The third-order valence-corrected chi connectivity index (χ3v) is 5.94. The van der Waals surface area contributed by atoms with Crippen LogP contribution < -0.4 is 15.5 Å². The summed E-state index contributed by atoms with van der Waals surface area (Å²) in [6, 6.07) is 18.7. The Morgan fingerprint density at radius 1 is 0.848 bits per heavy atom. The van der Waals surface area contributed by atoms with Crippen molar-refractivity contribution in [2.45, 2.75) is 13.8 Å². The number of carbonyl (C=O) groups excluding carboxylic acids is 3. The fourth-order valence-electron chi connectivity index (χ4n) is 3.43. The molecule has 0 aliphatic carbocycles. The molecule has 6 nitrogen and oxygen atoms in total. The van der Waals surface area contributed by atoms with Crippen LogP contribution in [0.1, 0.15) is 21.5 Å². The largest absolute Gasteiger partial charge is 0.350 e. The summed E-state index contributed by atoms with van der Waals surface area (Å²) >= 11 is 12.1. The maximum Gasteiger partial charge on any atom is 0.283 e. The molecule has 0 fully saturated rings. The van der Waals surface area contributed by atoms with E-state index in [0.29, 0.717) is 27.6 Å². The fraction of sp³-hybridized carbons (Fsp3) is 0.0800. The number of anilines is 3. The summed E-state index contributed by atoms with van der Waals surface area (Å²) in [4.78, 5) is 39.6. The molecule has 33 heavy (non-hydrogen) atoms. The van der Waals surface area contributed by atoms with E-state index in [2.05, 4.69) is 10.6 Å². The van der Waals surface area contributed by atoms with E-state index in [0.717, 1.165) is 16.0 Å². The van der Waals surface area contributed by atoms with E-state index in [1.54, 1.807) is 60.7 Å². The topological polar surface area (TPSA) is 78.5 Å². The molecule has 0 aromatic heterocycles. The Labute approximate surface area is 200 Å². The molecule has 0 saturated heterocycles. The number of nitrogens with one attached hydrogen (secondary N) is 2. The summed E-state index contributed by atoms with van der Waals surface area (Å²) < 4.78 is 0. The predicted octanol–water partition coefficient (Wildman–Crippen LogP) is 5.64. The fourth-order valence-corrected chi connectivity index (χ4v) is 3.77. The van der Waals surface area contributed by atoms with E-state index in [1.807, 2.05) is 19.9 Å². The van der Waals surface area contributed by atoms with Gasteiger partial charge in [-0.3, -0.25) is 14.4 Å². The number of carbonyl (C=O) groups is 3. The quantitative estimate of drug-likeness (QED) is 0.463. The van der Waals surface area contributed by atoms with E-state index < -0.39 is 11.8 Å². The summed E-state index contributed by atoms with van der Waals surface area (Å²) in [5.41, 5.74) is 3.59. The SMILES string of the molecule is Cc1cccc(N2C(=O)C(Cl)=C(Nc3cccc(C(=O)Nc4ccc(Cl)cc4)c3)C2=O)c1C. The minimum Gasteiger partial charge on any atom is -0.350 e. The van der Waals surface area contributed by atoms with Crippen LogP contribution in [-0.2, 0) is 9.59 Å². The van der Waals surface area contributed by atoms with E-state index in [4.69, 9.17) is 23.2 Å². The number of imide groups is 1. The summed E-state index contributed by atoms with van der Waals surface area (Å²) in [6.45, 7) is 3.74. The lowest BCUT2D eigenvalue weighted by atomic mass is 10.1. The molecule has 1 aliphatic heterocycles. The Hall–Kier alpha value is -3.61. The van der Waals surface area contributed by atoms with E-state index >= 15 is 0 Å². The molecule has 0 radical (unpaired) electrons. The van der Waals surface area contributed by atoms with Gasteiger partial charge in [0.05, 0.1) is 5.69 Å². The van der Waals surface area contributed by atoms with Crippen molar-refractivity contribution in [3.8, 4) is 0 Å². The molecule has 0 unspecified atom stereocenters. The number of hydrogen-bond donors (Lipinski definition) is 2. The van der Waals surface area contributed by atoms with Crippen LogP contribution in [0.25, 0.3) is 0 Å². The van der Waals surface area contributed by atoms with Crippen LogP contribution in [0.2, 0.25) is 5.02 Å². The summed E-state index contributed by atoms with van der Waals surface area (Å²) in [5.74, 6) is -1.50. The van der Waals surface area contributed by atoms with Crippen molar-refractivity contribution >= 4 is 58.0 Å². The molecule has 1 aliphatic rings. The zero-order chi connectivity index (χ0) is 23.7. The first-order chi connectivity index (χ1) is 15.8. The maximum absolute atomic E-state index is 13.1. The monoisotopic (exact) mass is 479 g/mol. The van der Waals surface area contributed by atoms with Crippen LogP contribution in [0.15, 0.2) is 77.5 Å². The number of amides is 3. The summed E-state index contributed by atoms with van der Waals surface area (Å²) in [7, 11) is 0. The van der Waals surface area contributed by atoms with Gasteiger partial charge in [-0.2, -0.15) is 0 Å². The van der Waals surface area contributed by atoms with Crippen LogP contribution >= 0.6 is 23.2 Å². The minimum absolute atomic E-state index is 0.0437. The van der Waals surface area contributed by atoms with Gasteiger partial charge in [0.2, 0.25) is 0 Å². The van der Waals surface area contributed by atoms with Gasteiger partial charge in [-0.25, -0.2) is 4.90 Å². The van der Waals surface area contributed by atoms with Crippen molar-refractivity contribution in [1.82, 2.24) is 0 Å². The molecule has 3 aromatic carbocycles. The van der Waals surface area contributed by atoms with Gasteiger partial charge < -0.3 is 10.6 Å². The molecule has 0 saturated carbocycles. The lowest BCUT2D eigenvalue weighted by molar-refractivity contribution is -0.120. The average molecular weight is 480 g/mol. The van der Waals surface area contributed by atoms with Crippen LogP contribution in [-0.4, -0.2) is 17.7 Å². The molecule has 4 rings (SSSR count). The number of hydrogen-bond acceptors (Lipinski definition) is 4. The number of rotatable bonds is 5. The molecule has 0 bridgehead atoms. The van der Waals surface area contributed by atoms with Crippen molar-refractivity contribution < 1.29 is 14.4 Å². The Morgan fingerprint density at radius 3 is 2.27 bits per heavy atom. The smallest absolute Gasteiger partial charge is 0.283 e. The second-order valence-corrected chi connectivity index (χ2v) is 8.33. The van der Waals surface area contributed by atoms with Crippen LogP contribution in [0, 0.1) is 13.8 Å². The van der Waals surface area contributed by atoms with Gasteiger partial charge in [-0.15, -0.1) is 0 Å². The van der Waals surface area contributed by atoms with Gasteiger partial charge >= 0.3 is 0 Å². The average Bonchev–Trinajstić information content (AvgIpc) is 3.00. The second-order valence-electron chi connectivity index (χ2n) is 7.52. The highest BCUT2D eigenvalue weighted by Crippen LogP contribution is 2.33. The molecule has 166 valence electrons.